The van der Waals surface area contributed by atoms with Gasteiger partial charge in [-0.1, -0.05) is 30.9 Å². The van der Waals surface area contributed by atoms with Gasteiger partial charge in [-0.15, -0.1) is 0 Å². The molecule has 0 fully saturated rings. The van der Waals surface area contributed by atoms with Crippen molar-refractivity contribution in [3.63, 3.8) is 0 Å². The Morgan fingerprint density at radius 2 is 2.24 bits per heavy atom. The lowest BCUT2D eigenvalue weighted by Gasteiger charge is -2.03. The van der Waals surface area contributed by atoms with Gasteiger partial charge in [-0.25, -0.2) is 4.79 Å². The molecule has 1 N–H and O–H groups in total. The maximum absolute atomic E-state index is 11.7. The standard InChI is InChI=1S/C13H13NO3/c1-3-8-17-12-11(13(15)16-2)9-6-4-5-7-10(9)14-12/h3-7,14H,1,8H2,2H3. The van der Waals surface area contributed by atoms with Crippen LogP contribution in [0.25, 0.3) is 10.9 Å². The Hall–Kier alpha value is -2.23. The van der Waals surface area contributed by atoms with Gasteiger partial charge in [0.1, 0.15) is 12.2 Å². The normalized spacial score (nSPS) is 10.2. The van der Waals surface area contributed by atoms with Gasteiger partial charge in [-0.3, -0.25) is 0 Å². The van der Waals surface area contributed by atoms with Crippen molar-refractivity contribution >= 4 is 16.9 Å². The minimum absolute atomic E-state index is 0.330. The van der Waals surface area contributed by atoms with E-state index in [2.05, 4.69) is 11.6 Å². The Morgan fingerprint density at radius 1 is 1.47 bits per heavy atom. The summed E-state index contributed by atoms with van der Waals surface area (Å²) in [7, 11) is 1.35. The number of carbonyl (C=O) groups is 1. The molecular formula is C13H13NO3. The highest BCUT2D eigenvalue weighted by Crippen LogP contribution is 2.28. The van der Waals surface area contributed by atoms with Crippen LogP contribution in [0.4, 0.5) is 0 Å². The van der Waals surface area contributed by atoms with Crippen LogP contribution in [0.2, 0.25) is 0 Å². The zero-order valence-electron chi connectivity index (χ0n) is 9.53. The molecule has 0 saturated heterocycles. The highest BCUT2D eigenvalue weighted by atomic mass is 16.5. The molecule has 0 aliphatic rings. The van der Waals surface area contributed by atoms with E-state index >= 15 is 0 Å². The van der Waals surface area contributed by atoms with Crippen molar-refractivity contribution in [2.24, 2.45) is 0 Å². The summed E-state index contributed by atoms with van der Waals surface area (Å²) in [4.78, 5) is 14.8. The van der Waals surface area contributed by atoms with Crippen molar-refractivity contribution in [1.82, 2.24) is 4.98 Å². The molecule has 0 radical (unpaired) electrons. The first-order valence-corrected chi connectivity index (χ1v) is 5.20. The number of H-pyrrole nitrogens is 1. The number of aromatic amines is 1. The van der Waals surface area contributed by atoms with Gasteiger partial charge in [0.05, 0.1) is 7.11 Å². The van der Waals surface area contributed by atoms with Crippen molar-refractivity contribution in [3.05, 3.63) is 42.5 Å². The zero-order valence-corrected chi connectivity index (χ0v) is 9.53. The molecule has 0 aliphatic heterocycles. The highest BCUT2D eigenvalue weighted by molar-refractivity contribution is 6.06. The fourth-order valence-electron chi connectivity index (χ4n) is 1.67. The summed E-state index contributed by atoms with van der Waals surface area (Å²) < 4.78 is 10.2. The van der Waals surface area contributed by atoms with Gasteiger partial charge in [0, 0.05) is 10.9 Å². The number of hydrogen-bond acceptors (Lipinski definition) is 3. The molecular weight excluding hydrogens is 218 g/mol. The summed E-state index contributed by atoms with van der Waals surface area (Å²) in [5, 5.41) is 0.790. The van der Waals surface area contributed by atoms with E-state index in [0.29, 0.717) is 18.1 Å². The highest BCUT2D eigenvalue weighted by Gasteiger charge is 2.19. The molecule has 0 atom stereocenters. The summed E-state index contributed by atoms with van der Waals surface area (Å²) in [6, 6.07) is 7.47. The lowest BCUT2D eigenvalue weighted by atomic mass is 10.2. The van der Waals surface area contributed by atoms with Crippen molar-refractivity contribution in [2.45, 2.75) is 0 Å². The van der Waals surface area contributed by atoms with Gasteiger partial charge < -0.3 is 14.5 Å². The molecule has 0 aliphatic carbocycles. The topological polar surface area (TPSA) is 51.3 Å². The SMILES string of the molecule is C=CCOc1[nH]c2ccccc2c1C(=O)OC. The molecule has 2 rings (SSSR count). The molecule has 0 spiro atoms. The summed E-state index contributed by atoms with van der Waals surface area (Å²) in [5.41, 5.74) is 1.26. The number of aromatic nitrogens is 1. The Bertz CT molecular complexity index is 557. The van der Waals surface area contributed by atoms with Crippen LogP contribution < -0.4 is 4.74 Å². The number of para-hydroxylation sites is 1. The molecule has 88 valence electrons. The molecule has 2 aromatic rings. The number of methoxy groups -OCH3 is 1. The van der Waals surface area contributed by atoms with Crippen LogP contribution >= 0.6 is 0 Å². The molecule has 1 aromatic carbocycles. The Balaban J connectivity index is 2.56. The number of esters is 1. The van der Waals surface area contributed by atoms with Gasteiger partial charge >= 0.3 is 5.97 Å². The van der Waals surface area contributed by atoms with E-state index in [1.807, 2.05) is 24.3 Å². The van der Waals surface area contributed by atoms with Crippen LogP contribution in [0.15, 0.2) is 36.9 Å². The van der Waals surface area contributed by atoms with E-state index in [1.165, 1.54) is 7.11 Å². The second kappa shape index (κ2) is 4.74. The third-order valence-corrected chi connectivity index (χ3v) is 2.41. The van der Waals surface area contributed by atoms with Gasteiger partial charge in [0.2, 0.25) is 5.88 Å². The van der Waals surface area contributed by atoms with Crippen LogP contribution in [0.3, 0.4) is 0 Å². The molecule has 4 nitrogen and oxygen atoms in total. The largest absolute Gasteiger partial charge is 0.474 e. The molecule has 17 heavy (non-hydrogen) atoms. The van der Waals surface area contributed by atoms with Gasteiger partial charge in [0.25, 0.3) is 0 Å². The Kier molecular flexibility index (Phi) is 3.14. The first-order valence-electron chi connectivity index (χ1n) is 5.20. The first-order chi connectivity index (χ1) is 8.27. The van der Waals surface area contributed by atoms with Crippen LogP contribution in [0, 0.1) is 0 Å². The van der Waals surface area contributed by atoms with E-state index < -0.39 is 5.97 Å². The molecule has 0 unspecified atom stereocenters. The fraction of sp³-hybridized carbons (Fsp3) is 0.154. The maximum Gasteiger partial charge on any atom is 0.344 e. The number of ether oxygens (including phenoxy) is 2. The summed E-state index contributed by atoms with van der Waals surface area (Å²) in [5.74, 6) is -0.000498. The fourth-order valence-corrected chi connectivity index (χ4v) is 1.67. The predicted molar refractivity (Wildman–Crippen MR) is 65.3 cm³/mol. The third kappa shape index (κ3) is 2.01. The van der Waals surface area contributed by atoms with Crippen molar-refractivity contribution < 1.29 is 14.3 Å². The Labute approximate surface area is 98.8 Å². The quantitative estimate of drug-likeness (QED) is 0.649. The third-order valence-electron chi connectivity index (χ3n) is 2.41. The molecule has 1 heterocycles. The second-order valence-electron chi connectivity index (χ2n) is 3.47. The number of carbonyl (C=O) groups excluding carboxylic acids is 1. The number of rotatable bonds is 4. The van der Waals surface area contributed by atoms with Crippen LogP contribution in [-0.2, 0) is 4.74 Å². The summed E-state index contributed by atoms with van der Waals surface area (Å²) >= 11 is 0. The minimum atomic E-state index is -0.415. The predicted octanol–water partition coefficient (Wildman–Crippen LogP) is 2.52. The van der Waals surface area contributed by atoms with Crippen LogP contribution in [-0.4, -0.2) is 24.7 Å². The van der Waals surface area contributed by atoms with Gasteiger partial charge in [-0.2, -0.15) is 0 Å². The summed E-state index contributed by atoms with van der Waals surface area (Å²) in [6.45, 7) is 3.90. The molecule has 1 aromatic heterocycles. The monoisotopic (exact) mass is 231 g/mol. The van der Waals surface area contributed by atoms with E-state index in [1.54, 1.807) is 6.08 Å². The average molecular weight is 231 g/mol. The average Bonchev–Trinajstić information content (AvgIpc) is 2.73. The van der Waals surface area contributed by atoms with Crippen molar-refractivity contribution in [2.75, 3.05) is 13.7 Å². The maximum atomic E-state index is 11.7. The van der Waals surface area contributed by atoms with Gasteiger partial charge in [0.15, 0.2) is 0 Å². The minimum Gasteiger partial charge on any atom is -0.474 e. The van der Waals surface area contributed by atoms with Crippen LogP contribution in [0.1, 0.15) is 10.4 Å². The number of nitrogens with one attached hydrogen (secondary N) is 1. The number of hydrogen-bond donors (Lipinski definition) is 1. The smallest absolute Gasteiger partial charge is 0.344 e. The molecule has 0 amide bonds. The van der Waals surface area contributed by atoms with E-state index in [-0.39, 0.29) is 0 Å². The zero-order chi connectivity index (χ0) is 12.3. The molecule has 0 saturated carbocycles. The summed E-state index contributed by atoms with van der Waals surface area (Å²) in [6.07, 6.45) is 1.62. The van der Waals surface area contributed by atoms with Crippen molar-refractivity contribution in [1.29, 1.82) is 0 Å². The number of fused-ring (bicyclic) bond motifs is 1. The van der Waals surface area contributed by atoms with Crippen LogP contribution in [0.5, 0.6) is 5.88 Å². The van der Waals surface area contributed by atoms with Gasteiger partial charge in [-0.05, 0) is 6.07 Å². The number of benzene rings is 1. The van der Waals surface area contributed by atoms with Crippen molar-refractivity contribution in [3.8, 4) is 5.88 Å². The first kappa shape index (κ1) is 11.3. The molecule has 0 bridgehead atoms. The van der Waals surface area contributed by atoms with E-state index in [0.717, 1.165) is 10.9 Å². The molecule has 4 heteroatoms. The van der Waals surface area contributed by atoms with E-state index in [9.17, 15) is 4.79 Å². The lowest BCUT2D eigenvalue weighted by molar-refractivity contribution is 0.0599. The Morgan fingerprint density at radius 3 is 2.94 bits per heavy atom. The lowest BCUT2D eigenvalue weighted by Crippen LogP contribution is -2.04. The van der Waals surface area contributed by atoms with E-state index in [4.69, 9.17) is 9.47 Å². The second-order valence-corrected chi connectivity index (χ2v) is 3.47.